The molecule has 1 amide bonds. The molecule has 0 atom stereocenters. The number of pyridine rings is 1. The smallest absolute Gasteiger partial charge is 0.354 e. The van der Waals surface area contributed by atoms with E-state index in [2.05, 4.69) is 10.3 Å². The molecule has 0 spiro atoms. The molecule has 0 aliphatic carbocycles. The van der Waals surface area contributed by atoms with E-state index in [0.29, 0.717) is 11.0 Å². The van der Waals surface area contributed by atoms with E-state index in [1.165, 1.54) is 17.8 Å². The molecule has 0 saturated carbocycles. The fourth-order valence-corrected chi connectivity index (χ4v) is 1.60. The third kappa shape index (κ3) is 4.86. The predicted octanol–water partition coefficient (Wildman–Crippen LogP) is 1.86. The molecule has 0 saturated heterocycles. The number of carbonyl (C=O) groups is 2. The van der Waals surface area contributed by atoms with Gasteiger partial charge in [0.05, 0.1) is 5.75 Å². The Morgan fingerprint density at radius 3 is 2.76 bits per heavy atom. The topological polar surface area (TPSA) is 79.3 Å². The summed E-state index contributed by atoms with van der Waals surface area (Å²) in [6.07, 6.45) is 0. The number of aromatic nitrogens is 1. The highest BCUT2D eigenvalue weighted by molar-refractivity contribution is 8.00. The highest BCUT2D eigenvalue weighted by Gasteiger charge is 2.08. The number of aromatic carboxylic acids is 1. The standard InChI is InChI=1S/C11H14N2O3S/c1-7(2)17-6-10(14)13-9-5-3-4-8(12-9)11(15)16/h3-5,7H,6H2,1-2H3,(H,15,16)(H,12,13,14). The lowest BCUT2D eigenvalue weighted by molar-refractivity contribution is -0.113. The van der Waals surface area contributed by atoms with Crippen molar-refractivity contribution >= 4 is 29.5 Å². The van der Waals surface area contributed by atoms with Gasteiger partial charge in [-0.15, -0.1) is 11.8 Å². The van der Waals surface area contributed by atoms with Gasteiger partial charge in [-0.3, -0.25) is 4.79 Å². The summed E-state index contributed by atoms with van der Waals surface area (Å²) in [4.78, 5) is 26.0. The van der Waals surface area contributed by atoms with Gasteiger partial charge in [-0.25, -0.2) is 9.78 Å². The first-order chi connectivity index (χ1) is 7.99. The van der Waals surface area contributed by atoms with Crippen LogP contribution in [0.5, 0.6) is 0 Å². The second-order valence-electron chi connectivity index (χ2n) is 3.62. The number of carboxylic acid groups (broad SMARTS) is 1. The van der Waals surface area contributed by atoms with E-state index in [1.807, 2.05) is 13.8 Å². The molecule has 5 nitrogen and oxygen atoms in total. The molecule has 1 aromatic heterocycles. The van der Waals surface area contributed by atoms with E-state index in [-0.39, 0.29) is 17.4 Å². The van der Waals surface area contributed by atoms with E-state index in [0.717, 1.165) is 0 Å². The maximum absolute atomic E-state index is 11.5. The van der Waals surface area contributed by atoms with Gasteiger partial charge in [0, 0.05) is 0 Å². The van der Waals surface area contributed by atoms with Crippen LogP contribution < -0.4 is 5.32 Å². The van der Waals surface area contributed by atoms with Crippen LogP contribution in [0.25, 0.3) is 0 Å². The van der Waals surface area contributed by atoms with Crippen LogP contribution in [0.15, 0.2) is 18.2 Å². The normalized spacial score (nSPS) is 10.3. The van der Waals surface area contributed by atoms with E-state index in [1.54, 1.807) is 12.1 Å². The molecule has 0 aliphatic heterocycles. The van der Waals surface area contributed by atoms with Gasteiger partial charge >= 0.3 is 5.97 Å². The first kappa shape index (κ1) is 13.5. The average Bonchev–Trinajstić information content (AvgIpc) is 2.26. The summed E-state index contributed by atoms with van der Waals surface area (Å²) in [7, 11) is 0. The lowest BCUT2D eigenvalue weighted by Crippen LogP contribution is -2.17. The van der Waals surface area contributed by atoms with Crippen molar-refractivity contribution in [3.8, 4) is 0 Å². The van der Waals surface area contributed by atoms with Gasteiger partial charge < -0.3 is 10.4 Å². The molecule has 0 aliphatic rings. The Labute approximate surface area is 104 Å². The number of carbonyl (C=O) groups excluding carboxylic acids is 1. The summed E-state index contributed by atoms with van der Waals surface area (Å²) in [6.45, 7) is 4.00. The zero-order valence-corrected chi connectivity index (χ0v) is 10.5. The summed E-state index contributed by atoms with van der Waals surface area (Å²) in [5, 5.41) is 11.7. The van der Waals surface area contributed by atoms with Crippen LogP contribution in [0.2, 0.25) is 0 Å². The molecule has 17 heavy (non-hydrogen) atoms. The maximum Gasteiger partial charge on any atom is 0.354 e. The molecule has 1 heterocycles. The number of anilines is 1. The molecule has 0 unspecified atom stereocenters. The fraction of sp³-hybridized carbons (Fsp3) is 0.364. The number of hydrogen-bond acceptors (Lipinski definition) is 4. The van der Waals surface area contributed by atoms with Gasteiger partial charge in [-0.1, -0.05) is 19.9 Å². The Morgan fingerprint density at radius 2 is 2.18 bits per heavy atom. The maximum atomic E-state index is 11.5. The molecule has 0 aromatic carbocycles. The largest absolute Gasteiger partial charge is 0.477 e. The fourth-order valence-electron chi connectivity index (χ4n) is 1.04. The molecule has 2 N–H and O–H groups in total. The molecule has 92 valence electrons. The highest BCUT2D eigenvalue weighted by atomic mass is 32.2. The van der Waals surface area contributed by atoms with Gasteiger partial charge in [0.15, 0.2) is 5.69 Å². The van der Waals surface area contributed by atoms with Crippen LogP contribution in [-0.2, 0) is 4.79 Å². The summed E-state index contributed by atoms with van der Waals surface area (Å²) in [5.74, 6) is -0.702. The number of amides is 1. The van der Waals surface area contributed by atoms with Crippen LogP contribution in [0.1, 0.15) is 24.3 Å². The third-order valence-corrected chi connectivity index (χ3v) is 2.88. The lowest BCUT2D eigenvalue weighted by Gasteiger charge is -2.06. The van der Waals surface area contributed by atoms with Gasteiger partial charge in [-0.05, 0) is 17.4 Å². The van der Waals surface area contributed by atoms with Crippen molar-refractivity contribution in [1.29, 1.82) is 0 Å². The van der Waals surface area contributed by atoms with Crippen LogP contribution in [0.3, 0.4) is 0 Å². The highest BCUT2D eigenvalue weighted by Crippen LogP contribution is 2.10. The zero-order chi connectivity index (χ0) is 12.8. The van der Waals surface area contributed by atoms with Crippen molar-refractivity contribution < 1.29 is 14.7 Å². The molecule has 6 heteroatoms. The SMILES string of the molecule is CC(C)SCC(=O)Nc1cccc(C(=O)O)n1. The first-order valence-corrected chi connectivity index (χ1v) is 6.15. The lowest BCUT2D eigenvalue weighted by atomic mass is 10.3. The monoisotopic (exact) mass is 254 g/mol. The van der Waals surface area contributed by atoms with Crippen LogP contribution in [0, 0.1) is 0 Å². The van der Waals surface area contributed by atoms with Crippen LogP contribution in [-0.4, -0.2) is 33.0 Å². The second-order valence-corrected chi connectivity index (χ2v) is 5.19. The number of rotatable bonds is 5. The minimum atomic E-state index is -1.11. The minimum absolute atomic E-state index is 0.0840. The average molecular weight is 254 g/mol. The Morgan fingerprint density at radius 1 is 1.47 bits per heavy atom. The molecule has 1 rings (SSSR count). The van der Waals surface area contributed by atoms with Crippen molar-refractivity contribution in [1.82, 2.24) is 4.98 Å². The number of nitrogens with zero attached hydrogens (tertiary/aromatic N) is 1. The van der Waals surface area contributed by atoms with E-state index < -0.39 is 5.97 Å². The third-order valence-electron chi connectivity index (χ3n) is 1.78. The summed E-state index contributed by atoms with van der Waals surface area (Å²) < 4.78 is 0. The van der Waals surface area contributed by atoms with E-state index in [9.17, 15) is 9.59 Å². The van der Waals surface area contributed by atoms with Crippen molar-refractivity contribution in [2.75, 3.05) is 11.1 Å². The van der Waals surface area contributed by atoms with Gasteiger partial charge in [0.1, 0.15) is 5.82 Å². The Bertz CT molecular complexity index is 421. The summed E-state index contributed by atoms with van der Waals surface area (Å²) >= 11 is 1.51. The number of nitrogens with one attached hydrogen (secondary N) is 1. The molecule has 0 radical (unpaired) electrons. The van der Waals surface area contributed by atoms with Crippen molar-refractivity contribution in [3.05, 3.63) is 23.9 Å². The number of thioether (sulfide) groups is 1. The molecule has 0 fully saturated rings. The Hall–Kier alpha value is -1.56. The molecule has 0 bridgehead atoms. The van der Waals surface area contributed by atoms with Crippen molar-refractivity contribution in [2.45, 2.75) is 19.1 Å². The molecule has 1 aromatic rings. The van der Waals surface area contributed by atoms with E-state index in [4.69, 9.17) is 5.11 Å². The second kappa shape index (κ2) is 6.24. The molecular weight excluding hydrogens is 240 g/mol. The van der Waals surface area contributed by atoms with Gasteiger partial charge in [-0.2, -0.15) is 0 Å². The Kier molecular flexibility index (Phi) is 4.96. The number of hydrogen-bond donors (Lipinski definition) is 2. The van der Waals surface area contributed by atoms with Crippen molar-refractivity contribution in [2.24, 2.45) is 0 Å². The molecular formula is C11H14N2O3S. The predicted molar refractivity (Wildman–Crippen MR) is 67.4 cm³/mol. The minimum Gasteiger partial charge on any atom is -0.477 e. The number of carboxylic acids is 1. The van der Waals surface area contributed by atoms with Gasteiger partial charge in [0.2, 0.25) is 5.91 Å². The van der Waals surface area contributed by atoms with Crippen LogP contribution >= 0.6 is 11.8 Å². The van der Waals surface area contributed by atoms with Crippen molar-refractivity contribution in [3.63, 3.8) is 0 Å². The summed E-state index contributed by atoms with van der Waals surface area (Å²) in [6, 6.07) is 4.48. The van der Waals surface area contributed by atoms with E-state index >= 15 is 0 Å². The zero-order valence-electron chi connectivity index (χ0n) is 9.64. The van der Waals surface area contributed by atoms with Gasteiger partial charge in [0.25, 0.3) is 0 Å². The Balaban J connectivity index is 2.59. The first-order valence-electron chi connectivity index (χ1n) is 5.11. The van der Waals surface area contributed by atoms with Crippen LogP contribution in [0.4, 0.5) is 5.82 Å². The summed E-state index contributed by atoms with van der Waals surface area (Å²) in [5.41, 5.74) is -0.0840. The quantitative estimate of drug-likeness (QED) is 0.838.